The molecule has 19 heavy (non-hydrogen) atoms. The predicted octanol–water partition coefficient (Wildman–Crippen LogP) is 3.35. The normalized spacial score (nSPS) is 16.2. The lowest BCUT2D eigenvalue weighted by Crippen LogP contribution is -2.33. The van der Waals surface area contributed by atoms with Crippen LogP contribution in [0.3, 0.4) is 0 Å². The quantitative estimate of drug-likeness (QED) is 0.815. The monoisotopic (exact) mass is 285 g/mol. The van der Waals surface area contributed by atoms with Gasteiger partial charge in [0.05, 0.1) is 16.4 Å². The molecule has 0 saturated heterocycles. The zero-order chi connectivity index (χ0) is 13.8. The third kappa shape index (κ3) is 3.74. The summed E-state index contributed by atoms with van der Waals surface area (Å²) in [7, 11) is 2.15. The maximum atomic E-state index is 13.2. The van der Waals surface area contributed by atoms with Crippen LogP contribution in [-0.2, 0) is 0 Å². The number of rotatable bonds is 5. The Bertz CT molecular complexity index is 433. The van der Waals surface area contributed by atoms with Crippen LogP contribution in [0, 0.1) is 5.82 Å². The van der Waals surface area contributed by atoms with Gasteiger partial charge in [-0.3, -0.25) is 0 Å². The number of nitrogen functional groups attached to an aromatic ring is 1. The molecule has 1 fully saturated rings. The Morgan fingerprint density at radius 2 is 2.11 bits per heavy atom. The molecule has 3 N–H and O–H groups in total. The van der Waals surface area contributed by atoms with Crippen LogP contribution in [-0.4, -0.2) is 31.1 Å². The van der Waals surface area contributed by atoms with Crippen LogP contribution in [0.15, 0.2) is 12.1 Å². The van der Waals surface area contributed by atoms with E-state index in [2.05, 4.69) is 17.3 Å². The number of nitrogens with one attached hydrogen (secondary N) is 1. The first-order valence-corrected chi connectivity index (χ1v) is 7.14. The van der Waals surface area contributed by atoms with E-state index in [1.54, 1.807) is 6.07 Å². The molecule has 0 bridgehead atoms. The van der Waals surface area contributed by atoms with E-state index in [4.69, 9.17) is 17.3 Å². The summed E-state index contributed by atoms with van der Waals surface area (Å²) in [5.74, 6) is -0.479. The highest BCUT2D eigenvalue weighted by atomic mass is 35.5. The van der Waals surface area contributed by atoms with Gasteiger partial charge in [0.15, 0.2) is 0 Å². The number of benzene rings is 1. The topological polar surface area (TPSA) is 41.3 Å². The van der Waals surface area contributed by atoms with E-state index in [0.717, 1.165) is 13.1 Å². The molecule has 0 amide bonds. The van der Waals surface area contributed by atoms with Gasteiger partial charge in [0.25, 0.3) is 0 Å². The van der Waals surface area contributed by atoms with E-state index in [0.29, 0.717) is 17.4 Å². The van der Waals surface area contributed by atoms with E-state index < -0.39 is 5.82 Å². The number of halogens is 2. The van der Waals surface area contributed by atoms with Crippen LogP contribution in [0.2, 0.25) is 5.02 Å². The van der Waals surface area contributed by atoms with E-state index in [-0.39, 0.29) is 5.02 Å². The van der Waals surface area contributed by atoms with Crippen molar-refractivity contribution >= 4 is 23.0 Å². The Hall–Kier alpha value is -1.00. The van der Waals surface area contributed by atoms with Crippen molar-refractivity contribution in [3.8, 4) is 0 Å². The Morgan fingerprint density at radius 3 is 2.79 bits per heavy atom. The number of likely N-dealkylation sites (N-methyl/N-ethyl adjacent to an activating group) is 1. The Kier molecular flexibility index (Phi) is 4.88. The smallest absolute Gasteiger partial charge is 0.143 e. The van der Waals surface area contributed by atoms with Crippen molar-refractivity contribution in [1.82, 2.24) is 4.90 Å². The lowest BCUT2D eigenvalue weighted by molar-refractivity contribution is 0.254. The van der Waals surface area contributed by atoms with Crippen molar-refractivity contribution in [2.45, 2.75) is 31.7 Å². The third-order valence-corrected chi connectivity index (χ3v) is 4.11. The summed E-state index contributed by atoms with van der Waals surface area (Å²) in [6, 6.07) is 3.50. The van der Waals surface area contributed by atoms with Gasteiger partial charge in [-0.2, -0.15) is 0 Å². The van der Waals surface area contributed by atoms with Gasteiger partial charge in [-0.15, -0.1) is 0 Å². The SMILES string of the molecule is CN(CCNc1cc(Cl)c(F)cc1N)C1CCCC1. The summed E-state index contributed by atoms with van der Waals surface area (Å²) in [5.41, 5.74) is 6.85. The summed E-state index contributed by atoms with van der Waals surface area (Å²) < 4.78 is 13.2. The Balaban J connectivity index is 1.83. The molecule has 5 heteroatoms. The van der Waals surface area contributed by atoms with E-state index in [1.807, 2.05) is 0 Å². The van der Waals surface area contributed by atoms with Crippen molar-refractivity contribution in [3.05, 3.63) is 23.0 Å². The van der Waals surface area contributed by atoms with Crippen LogP contribution >= 0.6 is 11.6 Å². The summed E-state index contributed by atoms with van der Waals surface area (Å²) in [6.07, 6.45) is 5.26. The van der Waals surface area contributed by atoms with Gasteiger partial charge in [-0.1, -0.05) is 24.4 Å². The number of hydrogen-bond donors (Lipinski definition) is 2. The standard InChI is InChI=1S/C14H21ClFN3/c1-19(10-4-2-3-5-10)7-6-18-14-8-11(15)12(16)9-13(14)17/h8-10,18H,2-7,17H2,1H3. The summed E-state index contributed by atoms with van der Waals surface area (Å²) in [4.78, 5) is 2.38. The average Bonchev–Trinajstić information content (AvgIpc) is 2.89. The fraction of sp³-hybridized carbons (Fsp3) is 0.571. The molecule has 2 rings (SSSR count). The Labute approximate surface area is 118 Å². The maximum Gasteiger partial charge on any atom is 0.143 e. The van der Waals surface area contributed by atoms with Gasteiger partial charge < -0.3 is 16.0 Å². The van der Waals surface area contributed by atoms with E-state index >= 15 is 0 Å². The first-order chi connectivity index (χ1) is 9.08. The van der Waals surface area contributed by atoms with Crippen LogP contribution in [0.4, 0.5) is 15.8 Å². The summed E-state index contributed by atoms with van der Waals surface area (Å²) in [6.45, 7) is 1.72. The first-order valence-electron chi connectivity index (χ1n) is 6.76. The zero-order valence-corrected chi connectivity index (χ0v) is 12.0. The van der Waals surface area contributed by atoms with E-state index in [1.165, 1.54) is 31.7 Å². The molecule has 1 aliphatic rings. The number of hydrogen-bond acceptors (Lipinski definition) is 3. The minimum absolute atomic E-state index is 0.0980. The molecular weight excluding hydrogens is 265 g/mol. The van der Waals surface area contributed by atoms with Gasteiger partial charge in [-0.25, -0.2) is 4.39 Å². The van der Waals surface area contributed by atoms with Gasteiger partial charge in [-0.05, 0) is 26.0 Å². The minimum atomic E-state index is -0.479. The van der Waals surface area contributed by atoms with Gasteiger partial charge in [0, 0.05) is 25.2 Å². The highest BCUT2D eigenvalue weighted by Crippen LogP contribution is 2.26. The van der Waals surface area contributed by atoms with Gasteiger partial charge in [0.1, 0.15) is 5.82 Å². The van der Waals surface area contributed by atoms with Crippen LogP contribution < -0.4 is 11.1 Å². The maximum absolute atomic E-state index is 13.2. The van der Waals surface area contributed by atoms with E-state index in [9.17, 15) is 4.39 Å². The molecule has 3 nitrogen and oxygen atoms in total. The fourth-order valence-corrected chi connectivity index (χ4v) is 2.77. The second-order valence-corrected chi connectivity index (χ2v) is 5.61. The lowest BCUT2D eigenvalue weighted by atomic mass is 10.2. The van der Waals surface area contributed by atoms with Crippen LogP contribution in [0.25, 0.3) is 0 Å². The van der Waals surface area contributed by atoms with Gasteiger partial charge in [0.2, 0.25) is 0 Å². The molecule has 0 aliphatic heterocycles. The summed E-state index contributed by atoms with van der Waals surface area (Å²) in [5, 5.41) is 3.32. The molecule has 0 unspecified atom stereocenters. The molecule has 0 atom stereocenters. The number of anilines is 2. The number of nitrogens with zero attached hydrogens (tertiary/aromatic N) is 1. The largest absolute Gasteiger partial charge is 0.397 e. The molecule has 1 saturated carbocycles. The first kappa shape index (κ1) is 14.4. The summed E-state index contributed by atoms with van der Waals surface area (Å²) >= 11 is 5.75. The third-order valence-electron chi connectivity index (χ3n) is 3.82. The molecule has 0 aromatic heterocycles. The molecule has 106 valence electrons. The second-order valence-electron chi connectivity index (χ2n) is 5.20. The average molecular weight is 286 g/mol. The second kappa shape index (κ2) is 6.44. The molecule has 1 aromatic rings. The fourth-order valence-electron chi connectivity index (χ4n) is 2.61. The molecule has 0 heterocycles. The van der Waals surface area contributed by atoms with Crippen molar-refractivity contribution in [2.75, 3.05) is 31.2 Å². The highest BCUT2D eigenvalue weighted by Gasteiger charge is 2.18. The van der Waals surface area contributed by atoms with Crippen molar-refractivity contribution in [1.29, 1.82) is 0 Å². The number of nitrogens with two attached hydrogens (primary N) is 1. The molecule has 1 aliphatic carbocycles. The molecule has 1 aromatic carbocycles. The lowest BCUT2D eigenvalue weighted by Gasteiger charge is -2.24. The predicted molar refractivity (Wildman–Crippen MR) is 79.2 cm³/mol. The highest BCUT2D eigenvalue weighted by molar-refractivity contribution is 6.31. The molecule has 0 radical (unpaired) electrons. The van der Waals surface area contributed by atoms with Crippen molar-refractivity contribution in [2.24, 2.45) is 0 Å². The Morgan fingerprint density at radius 1 is 1.42 bits per heavy atom. The van der Waals surface area contributed by atoms with Crippen molar-refractivity contribution < 1.29 is 4.39 Å². The molecular formula is C14H21ClFN3. The zero-order valence-electron chi connectivity index (χ0n) is 11.3. The van der Waals surface area contributed by atoms with Gasteiger partial charge >= 0.3 is 0 Å². The van der Waals surface area contributed by atoms with Crippen LogP contribution in [0.1, 0.15) is 25.7 Å². The molecule has 0 spiro atoms. The van der Waals surface area contributed by atoms with Crippen LogP contribution in [0.5, 0.6) is 0 Å². The minimum Gasteiger partial charge on any atom is -0.397 e. The van der Waals surface area contributed by atoms with Crippen molar-refractivity contribution in [3.63, 3.8) is 0 Å².